The minimum Gasteiger partial charge on any atom is -0.212 e. The minimum absolute atomic E-state index is 0.108. The van der Waals surface area contributed by atoms with Gasteiger partial charge in [0.15, 0.2) is 11.6 Å². The van der Waals surface area contributed by atoms with Crippen LogP contribution in [0.2, 0.25) is 0 Å². The van der Waals surface area contributed by atoms with Crippen molar-refractivity contribution in [1.29, 1.82) is 0 Å². The van der Waals surface area contributed by atoms with Crippen LogP contribution in [0.15, 0.2) is 24.0 Å². The smallest absolute Gasteiger partial charge is 0.162 e. The Morgan fingerprint density at radius 1 is 0.611 bits per heavy atom. The summed E-state index contributed by atoms with van der Waals surface area (Å²) in [6.45, 7) is 4.42. The van der Waals surface area contributed by atoms with E-state index in [4.69, 9.17) is 0 Å². The lowest BCUT2D eigenvalue weighted by Gasteiger charge is -2.32. The maximum absolute atomic E-state index is 15.2. The van der Waals surface area contributed by atoms with Crippen molar-refractivity contribution in [2.45, 2.75) is 135 Å². The topological polar surface area (TPSA) is 0 Å². The average Bonchev–Trinajstić information content (AvgIpc) is 2.90. The van der Waals surface area contributed by atoms with Crippen molar-refractivity contribution in [1.82, 2.24) is 0 Å². The molecule has 3 aliphatic carbocycles. The first kappa shape index (κ1) is 27.8. The second-order valence-electron chi connectivity index (χ2n) is 12.4. The van der Waals surface area contributed by atoms with Gasteiger partial charge in [0.1, 0.15) is 0 Å². The number of unbranched alkanes of at least 4 members (excludes halogenated alkanes) is 1. The minimum atomic E-state index is -0.585. The zero-order valence-electron chi connectivity index (χ0n) is 22.9. The van der Waals surface area contributed by atoms with Crippen LogP contribution in [0.1, 0.15) is 146 Å². The third-order valence-electron chi connectivity index (χ3n) is 9.93. The van der Waals surface area contributed by atoms with Crippen LogP contribution in [0, 0.1) is 35.3 Å². The summed E-state index contributed by atoms with van der Waals surface area (Å²) in [5, 5.41) is 0. The van der Waals surface area contributed by atoms with E-state index in [1.54, 1.807) is 0 Å². The van der Waals surface area contributed by atoms with Gasteiger partial charge in [-0.3, -0.25) is 0 Å². The van der Waals surface area contributed by atoms with Crippen LogP contribution in [0.25, 0.3) is 0 Å². The first-order chi connectivity index (χ1) is 17.5. The van der Waals surface area contributed by atoms with Gasteiger partial charge in [0.25, 0.3) is 0 Å². The van der Waals surface area contributed by atoms with Gasteiger partial charge in [0.05, 0.1) is 5.83 Å². The molecule has 2 saturated carbocycles. The second kappa shape index (κ2) is 13.5. The maximum atomic E-state index is 15.2. The Balaban J connectivity index is 1.25. The molecule has 0 spiro atoms. The summed E-state index contributed by atoms with van der Waals surface area (Å²) in [4.78, 5) is 0. The van der Waals surface area contributed by atoms with E-state index in [1.807, 2.05) is 18.2 Å². The molecule has 202 valence electrons. The largest absolute Gasteiger partial charge is 0.212 e. The molecule has 0 aliphatic heterocycles. The van der Waals surface area contributed by atoms with E-state index in [0.717, 1.165) is 89.4 Å². The van der Waals surface area contributed by atoms with Gasteiger partial charge in [0.2, 0.25) is 0 Å². The van der Waals surface area contributed by atoms with Crippen molar-refractivity contribution in [2.75, 3.05) is 0 Å². The Morgan fingerprint density at radius 3 is 1.67 bits per heavy atom. The summed E-state index contributed by atoms with van der Waals surface area (Å²) in [6, 6.07) is 3.80. The SMILES string of the molecule is CCCCC1C=C(F)C(CCC2CCC(c3ccc(C4CCC(CCC)CC4)c(F)c3F)CC2)CC1. The number of hydrogen-bond acceptors (Lipinski definition) is 0. The fourth-order valence-corrected chi connectivity index (χ4v) is 7.55. The summed E-state index contributed by atoms with van der Waals surface area (Å²) >= 11 is 0. The molecular formula is C33H49F3. The summed E-state index contributed by atoms with van der Waals surface area (Å²) in [5.41, 5.74) is 1.20. The lowest BCUT2D eigenvalue weighted by atomic mass is 9.74. The molecule has 1 aromatic rings. The van der Waals surface area contributed by atoms with E-state index in [2.05, 4.69) is 13.8 Å². The lowest BCUT2D eigenvalue weighted by Crippen LogP contribution is -2.18. The molecule has 2 atom stereocenters. The molecule has 2 unspecified atom stereocenters. The number of halogens is 3. The van der Waals surface area contributed by atoms with Crippen molar-refractivity contribution in [3.8, 4) is 0 Å². The molecule has 0 radical (unpaired) electrons. The normalized spacial score (nSPS) is 31.3. The van der Waals surface area contributed by atoms with Gasteiger partial charge >= 0.3 is 0 Å². The van der Waals surface area contributed by atoms with Crippen LogP contribution in [-0.4, -0.2) is 0 Å². The molecule has 1 aromatic carbocycles. The highest BCUT2D eigenvalue weighted by Gasteiger charge is 2.30. The van der Waals surface area contributed by atoms with Crippen molar-refractivity contribution in [3.05, 3.63) is 46.8 Å². The predicted octanol–water partition coefficient (Wildman–Crippen LogP) is 11.2. The first-order valence-electron chi connectivity index (χ1n) is 15.3. The molecule has 0 N–H and O–H groups in total. The van der Waals surface area contributed by atoms with Gasteiger partial charge in [-0.1, -0.05) is 51.7 Å². The summed E-state index contributed by atoms with van der Waals surface area (Å²) in [5.74, 6) is 1.17. The van der Waals surface area contributed by atoms with Crippen LogP contribution in [0.4, 0.5) is 13.2 Å². The Morgan fingerprint density at radius 2 is 1.17 bits per heavy atom. The van der Waals surface area contributed by atoms with Gasteiger partial charge < -0.3 is 0 Å². The molecular weight excluding hydrogens is 453 g/mol. The van der Waals surface area contributed by atoms with E-state index < -0.39 is 11.6 Å². The van der Waals surface area contributed by atoms with Gasteiger partial charge in [0, 0.05) is 5.92 Å². The zero-order chi connectivity index (χ0) is 25.5. The van der Waals surface area contributed by atoms with E-state index in [0.29, 0.717) is 23.0 Å². The molecule has 3 aliphatic rings. The molecule has 0 aromatic heterocycles. The van der Waals surface area contributed by atoms with Crippen molar-refractivity contribution in [3.63, 3.8) is 0 Å². The van der Waals surface area contributed by atoms with Gasteiger partial charge in [-0.2, -0.15) is 0 Å². The molecule has 0 bridgehead atoms. The standard InChI is InChI=1S/C33H49F3/c1-3-5-7-25-13-19-28(31(34)22-25)18-12-24-10-16-27(17-11-24)30-21-20-29(32(35)33(30)36)26-14-8-23(6-4-2)9-15-26/h20-28H,3-19H2,1-2H3. The number of hydrogen-bond donors (Lipinski definition) is 0. The molecule has 2 fully saturated rings. The predicted molar refractivity (Wildman–Crippen MR) is 145 cm³/mol. The molecule has 3 heteroatoms. The fourth-order valence-electron chi connectivity index (χ4n) is 7.55. The molecule has 0 amide bonds. The third-order valence-corrected chi connectivity index (χ3v) is 9.93. The number of rotatable bonds is 10. The molecule has 0 saturated heterocycles. The highest BCUT2D eigenvalue weighted by molar-refractivity contribution is 5.32. The molecule has 36 heavy (non-hydrogen) atoms. The zero-order valence-corrected chi connectivity index (χ0v) is 22.9. The Hall–Kier alpha value is -1.25. The average molecular weight is 503 g/mol. The third kappa shape index (κ3) is 6.98. The molecule has 4 rings (SSSR count). The molecule has 0 nitrogen and oxygen atoms in total. The van der Waals surface area contributed by atoms with Crippen LogP contribution < -0.4 is 0 Å². The Kier molecular flexibility index (Phi) is 10.4. The van der Waals surface area contributed by atoms with Crippen molar-refractivity contribution >= 4 is 0 Å². The fraction of sp³-hybridized carbons (Fsp3) is 0.758. The highest BCUT2D eigenvalue weighted by atomic mass is 19.2. The van der Waals surface area contributed by atoms with E-state index in [9.17, 15) is 4.39 Å². The van der Waals surface area contributed by atoms with Crippen molar-refractivity contribution < 1.29 is 13.2 Å². The first-order valence-corrected chi connectivity index (χ1v) is 15.3. The van der Waals surface area contributed by atoms with Gasteiger partial charge in [-0.15, -0.1) is 0 Å². The monoisotopic (exact) mass is 502 g/mol. The van der Waals surface area contributed by atoms with Crippen LogP contribution in [0.5, 0.6) is 0 Å². The lowest BCUT2D eigenvalue weighted by molar-refractivity contribution is 0.265. The van der Waals surface area contributed by atoms with Crippen LogP contribution in [0.3, 0.4) is 0 Å². The maximum Gasteiger partial charge on any atom is 0.162 e. The van der Waals surface area contributed by atoms with Crippen LogP contribution in [-0.2, 0) is 0 Å². The second-order valence-corrected chi connectivity index (χ2v) is 12.4. The number of allylic oxidation sites excluding steroid dienone is 2. The summed E-state index contributed by atoms with van der Waals surface area (Å²) in [7, 11) is 0. The van der Waals surface area contributed by atoms with E-state index >= 15 is 8.78 Å². The Labute approximate surface area is 218 Å². The van der Waals surface area contributed by atoms with Crippen LogP contribution >= 0.6 is 0 Å². The van der Waals surface area contributed by atoms with Crippen molar-refractivity contribution in [2.24, 2.45) is 23.7 Å². The van der Waals surface area contributed by atoms with E-state index in [1.165, 1.54) is 25.7 Å². The van der Waals surface area contributed by atoms with Gasteiger partial charge in [-0.05, 0) is 130 Å². The van der Waals surface area contributed by atoms with Gasteiger partial charge in [-0.25, -0.2) is 13.2 Å². The Bertz CT molecular complexity index is 843. The highest BCUT2D eigenvalue weighted by Crippen LogP contribution is 2.43. The van der Waals surface area contributed by atoms with E-state index in [-0.39, 0.29) is 23.6 Å². The quantitative estimate of drug-likeness (QED) is 0.298. The summed E-state index contributed by atoms with van der Waals surface area (Å²) < 4.78 is 45.0. The summed E-state index contributed by atoms with van der Waals surface area (Å²) in [6.07, 6.45) is 20.2. The number of benzene rings is 1. The molecule has 0 heterocycles.